The Kier molecular flexibility index (Phi) is 4.68. The second-order valence-corrected chi connectivity index (χ2v) is 5.20. The molecule has 23 heavy (non-hydrogen) atoms. The number of carbonyl (C=O) groups excluding carboxylic acids is 1. The summed E-state index contributed by atoms with van der Waals surface area (Å²) in [4.78, 5) is 21.9. The van der Waals surface area contributed by atoms with Crippen LogP contribution in [0.3, 0.4) is 0 Å². The minimum atomic E-state index is -0.373. The molecule has 1 aromatic heterocycles. The Morgan fingerprint density at radius 1 is 1.35 bits per heavy atom. The average molecular weight is 314 g/mol. The maximum absolute atomic E-state index is 11.2. The van der Waals surface area contributed by atoms with Crippen LogP contribution in [-0.2, 0) is 9.53 Å². The van der Waals surface area contributed by atoms with E-state index in [9.17, 15) is 4.79 Å². The van der Waals surface area contributed by atoms with Gasteiger partial charge in [-0.05, 0) is 12.1 Å². The molecule has 1 atom stereocenters. The van der Waals surface area contributed by atoms with Crippen molar-refractivity contribution in [2.45, 2.75) is 12.5 Å². The van der Waals surface area contributed by atoms with E-state index < -0.39 is 0 Å². The molecule has 1 aliphatic heterocycles. The van der Waals surface area contributed by atoms with Gasteiger partial charge in [0.2, 0.25) is 17.7 Å². The van der Waals surface area contributed by atoms with E-state index >= 15 is 0 Å². The summed E-state index contributed by atoms with van der Waals surface area (Å²) in [6.45, 7) is 1.59. The number of nitrogens with two attached hydrogens (primary N) is 1. The van der Waals surface area contributed by atoms with Gasteiger partial charge >= 0.3 is 0 Å². The molecule has 3 rings (SSSR count). The van der Waals surface area contributed by atoms with Crippen molar-refractivity contribution in [3.63, 3.8) is 0 Å². The van der Waals surface area contributed by atoms with Crippen molar-refractivity contribution in [1.82, 2.24) is 9.97 Å². The van der Waals surface area contributed by atoms with Gasteiger partial charge in [0.05, 0.1) is 19.3 Å². The van der Waals surface area contributed by atoms with E-state index in [1.807, 2.05) is 35.2 Å². The number of hydrogen-bond acceptors (Lipinski definition) is 6. The van der Waals surface area contributed by atoms with Gasteiger partial charge in [-0.2, -0.15) is 4.98 Å². The van der Waals surface area contributed by atoms with Gasteiger partial charge in [0.25, 0.3) is 0 Å². The third kappa shape index (κ3) is 3.95. The lowest BCUT2D eigenvalue weighted by Gasteiger charge is -2.34. The quantitative estimate of drug-likeness (QED) is 0.896. The fourth-order valence-corrected chi connectivity index (χ4v) is 2.46. The lowest BCUT2D eigenvalue weighted by atomic mass is 10.1. The van der Waals surface area contributed by atoms with E-state index in [2.05, 4.69) is 9.97 Å². The second kappa shape index (κ2) is 7.06. The Labute approximate surface area is 134 Å². The normalized spacial score (nSPS) is 17.7. The third-order valence-corrected chi connectivity index (χ3v) is 3.50. The molecule has 1 unspecified atom stereocenters. The molecule has 1 aromatic carbocycles. The maximum atomic E-state index is 11.2. The zero-order valence-corrected chi connectivity index (χ0v) is 12.6. The van der Waals surface area contributed by atoms with Gasteiger partial charge in [-0.25, -0.2) is 4.98 Å². The van der Waals surface area contributed by atoms with Crippen molar-refractivity contribution in [2.75, 3.05) is 24.7 Å². The number of aromatic nitrogens is 2. The molecule has 120 valence electrons. The lowest BCUT2D eigenvalue weighted by molar-refractivity contribution is -0.118. The number of amides is 1. The molecule has 2 aromatic rings. The Morgan fingerprint density at radius 2 is 2.17 bits per heavy atom. The van der Waals surface area contributed by atoms with Crippen molar-refractivity contribution in [2.24, 2.45) is 5.73 Å². The van der Waals surface area contributed by atoms with E-state index in [1.54, 1.807) is 12.3 Å². The number of benzene rings is 1. The van der Waals surface area contributed by atoms with Gasteiger partial charge in [-0.15, -0.1) is 0 Å². The van der Waals surface area contributed by atoms with Crippen LogP contribution in [0.2, 0.25) is 0 Å². The molecule has 1 amide bonds. The fourth-order valence-electron chi connectivity index (χ4n) is 2.46. The first kappa shape index (κ1) is 15.2. The molecule has 0 radical (unpaired) electrons. The van der Waals surface area contributed by atoms with Crippen LogP contribution in [-0.4, -0.2) is 41.7 Å². The summed E-state index contributed by atoms with van der Waals surface area (Å²) in [7, 11) is 0. The van der Waals surface area contributed by atoms with Gasteiger partial charge in [0, 0.05) is 25.2 Å². The first-order valence-corrected chi connectivity index (χ1v) is 7.41. The topological polar surface area (TPSA) is 90.6 Å². The number of nitrogens with zero attached hydrogens (tertiary/aromatic N) is 3. The lowest BCUT2D eigenvalue weighted by Crippen LogP contribution is -2.48. The number of ether oxygens (including phenoxy) is 2. The highest BCUT2D eigenvalue weighted by atomic mass is 16.5. The Hall–Kier alpha value is -2.67. The first-order chi connectivity index (χ1) is 11.2. The number of morpholine rings is 1. The molecule has 2 N–H and O–H groups in total. The van der Waals surface area contributed by atoms with Crippen molar-refractivity contribution < 1.29 is 14.3 Å². The highest BCUT2D eigenvalue weighted by Crippen LogP contribution is 2.22. The smallest absolute Gasteiger partial charge is 0.229 e. The summed E-state index contributed by atoms with van der Waals surface area (Å²) in [5, 5.41) is 0. The van der Waals surface area contributed by atoms with Crippen LogP contribution in [0.4, 0.5) is 5.95 Å². The summed E-state index contributed by atoms with van der Waals surface area (Å²) in [6.07, 6.45) is 1.84. The number of rotatable bonds is 5. The fraction of sp³-hybridized carbons (Fsp3) is 0.312. The van der Waals surface area contributed by atoms with Crippen LogP contribution in [0.5, 0.6) is 11.6 Å². The highest BCUT2D eigenvalue weighted by molar-refractivity contribution is 5.75. The number of carbonyl (C=O) groups is 1. The van der Waals surface area contributed by atoms with Gasteiger partial charge < -0.3 is 20.1 Å². The van der Waals surface area contributed by atoms with E-state index in [0.717, 1.165) is 0 Å². The van der Waals surface area contributed by atoms with E-state index in [-0.39, 0.29) is 18.4 Å². The molecule has 0 bridgehead atoms. The molecule has 0 saturated carbocycles. The monoisotopic (exact) mass is 314 g/mol. The molecule has 1 saturated heterocycles. The Morgan fingerprint density at radius 3 is 2.96 bits per heavy atom. The van der Waals surface area contributed by atoms with Gasteiger partial charge in [0.15, 0.2) is 0 Å². The van der Waals surface area contributed by atoms with Crippen molar-refractivity contribution in [1.29, 1.82) is 0 Å². The molecular weight excluding hydrogens is 296 g/mol. The standard InChI is InChI=1S/C16H18N4O3/c17-14(21)10-12-11-22-9-8-20(12)16-18-7-6-15(19-16)23-13-4-2-1-3-5-13/h1-7,12H,8-11H2,(H2,17,21). The number of para-hydroxylation sites is 1. The highest BCUT2D eigenvalue weighted by Gasteiger charge is 2.27. The number of anilines is 1. The zero-order valence-electron chi connectivity index (χ0n) is 12.6. The van der Waals surface area contributed by atoms with Crippen LogP contribution >= 0.6 is 0 Å². The molecule has 0 aliphatic carbocycles. The summed E-state index contributed by atoms with van der Waals surface area (Å²) in [5.41, 5.74) is 5.31. The summed E-state index contributed by atoms with van der Waals surface area (Å²) in [6, 6.07) is 10.9. The third-order valence-electron chi connectivity index (χ3n) is 3.50. The van der Waals surface area contributed by atoms with E-state index in [1.165, 1.54) is 0 Å². The summed E-state index contributed by atoms with van der Waals surface area (Å²) in [5.74, 6) is 1.29. The van der Waals surface area contributed by atoms with Crippen LogP contribution in [0.1, 0.15) is 6.42 Å². The van der Waals surface area contributed by atoms with Crippen LogP contribution < -0.4 is 15.4 Å². The van der Waals surface area contributed by atoms with Gasteiger partial charge in [-0.1, -0.05) is 18.2 Å². The minimum Gasteiger partial charge on any atom is -0.439 e. The predicted molar refractivity (Wildman–Crippen MR) is 84.3 cm³/mol. The Balaban J connectivity index is 1.79. The number of primary amides is 1. The SMILES string of the molecule is NC(=O)CC1COCCN1c1nccc(Oc2ccccc2)n1. The Bertz CT molecular complexity index is 665. The van der Waals surface area contributed by atoms with Crippen LogP contribution in [0.15, 0.2) is 42.6 Å². The zero-order chi connectivity index (χ0) is 16.1. The van der Waals surface area contributed by atoms with Gasteiger partial charge in [0.1, 0.15) is 5.75 Å². The second-order valence-electron chi connectivity index (χ2n) is 5.20. The number of hydrogen-bond donors (Lipinski definition) is 1. The summed E-state index contributed by atoms with van der Waals surface area (Å²) < 4.78 is 11.1. The molecule has 0 spiro atoms. The largest absolute Gasteiger partial charge is 0.439 e. The van der Waals surface area contributed by atoms with E-state index in [0.29, 0.717) is 37.3 Å². The first-order valence-electron chi connectivity index (χ1n) is 7.41. The maximum Gasteiger partial charge on any atom is 0.229 e. The van der Waals surface area contributed by atoms with Gasteiger partial charge in [-0.3, -0.25) is 4.79 Å². The predicted octanol–water partition coefficient (Wildman–Crippen LogP) is 1.35. The van der Waals surface area contributed by atoms with Crippen molar-refractivity contribution in [3.05, 3.63) is 42.6 Å². The van der Waals surface area contributed by atoms with Crippen LogP contribution in [0, 0.1) is 0 Å². The van der Waals surface area contributed by atoms with E-state index in [4.69, 9.17) is 15.2 Å². The molecule has 2 heterocycles. The van der Waals surface area contributed by atoms with Crippen LogP contribution in [0.25, 0.3) is 0 Å². The molecule has 1 fully saturated rings. The summed E-state index contributed by atoms with van der Waals surface area (Å²) >= 11 is 0. The van der Waals surface area contributed by atoms with Crippen molar-refractivity contribution >= 4 is 11.9 Å². The minimum absolute atomic E-state index is 0.159. The molecular formula is C16H18N4O3. The average Bonchev–Trinajstić information content (AvgIpc) is 2.56. The van der Waals surface area contributed by atoms with Crippen molar-refractivity contribution in [3.8, 4) is 11.6 Å². The molecule has 7 nitrogen and oxygen atoms in total. The molecule has 1 aliphatic rings. The molecule has 7 heteroatoms.